The molecule has 0 aliphatic carbocycles. The van der Waals surface area contributed by atoms with Crippen molar-refractivity contribution in [3.05, 3.63) is 12.2 Å². The maximum absolute atomic E-state index is 2.47. The Hall–Kier alpha value is -0.0100. The van der Waals surface area contributed by atoms with Crippen LogP contribution < -0.4 is 12.4 Å². The average Bonchev–Trinajstić information content (AvgIpc) is 2.98. The Morgan fingerprint density at radius 1 is 0.326 bits per heavy atom. The number of halogens is 1. The molecule has 0 aromatic heterocycles. The van der Waals surface area contributed by atoms with Crippen LogP contribution >= 0.6 is 0 Å². The number of nitrogens with zero attached hydrogens (tertiary/aromatic N) is 1. The minimum Gasteiger partial charge on any atom is -1.00 e. The van der Waals surface area contributed by atoms with Gasteiger partial charge in [-0.3, -0.25) is 0 Å². The summed E-state index contributed by atoms with van der Waals surface area (Å²) in [6.45, 7) is 7.16. The van der Waals surface area contributed by atoms with Crippen LogP contribution in [0.15, 0.2) is 12.2 Å². The molecule has 0 N–H and O–H groups in total. The molecule has 0 saturated heterocycles. The zero-order valence-corrected chi connectivity index (χ0v) is 31.5. The largest absolute Gasteiger partial charge is 1.00 e. The smallest absolute Gasteiger partial charge is 0.0969 e. The van der Waals surface area contributed by atoms with Crippen LogP contribution in [0.2, 0.25) is 0 Å². The molecule has 0 unspecified atom stereocenters. The van der Waals surface area contributed by atoms with Crippen LogP contribution in [0.25, 0.3) is 0 Å². The van der Waals surface area contributed by atoms with Gasteiger partial charge in [0.15, 0.2) is 0 Å². The van der Waals surface area contributed by atoms with Crippen molar-refractivity contribution in [1.29, 1.82) is 0 Å². The van der Waals surface area contributed by atoms with E-state index in [0.29, 0.717) is 0 Å². The molecule has 0 aliphatic heterocycles. The predicted octanol–water partition coefficient (Wildman–Crippen LogP) is 11.5. The van der Waals surface area contributed by atoms with Gasteiger partial charge in [0.1, 0.15) is 0 Å². The van der Waals surface area contributed by atoms with Crippen LogP contribution in [-0.4, -0.2) is 31.7 Å². The van der Waals surface area contributed by atoms with E-state index in [1.807, 2.05) is 0 Å². The van der Waals surface area contributed by atoms with E-state index in [1.54, 1.807) is 0 Å². The highest BCUT2D eigenvalue weighted by molar-refractivity contribution is 4.81. The van der Waals surface area contributed by atoms with Crippen molar-refractivity contribution < 1.29 is 16.9 Å². The van der Waals surface area contributed by atoms with Crippen LogP contribution in [0.4, 0.5) is 0 Å². The standard InChI is InChI=1S/C41H84N.ClH/c1-5-7-9-11-13-15-17-19-21-23-24-25-27-29-31-33-35-37-39-41-42(3,4)40-38-36-34-32-30-28-26-22-20-18-16-14-12-10-8-6-2;/h37,39H,5-36,38,40-41H2,1-4H3;1H/q+1;/p-1. The van der Waals surface area contributed by atoms with Crippen molar-refractivity contribution in [2.24, 2.45) is 0 Å². The van der Waals surface area contributed by atoms with Gasteiger partial charge in [0.2, 0.25) is 0 Å². The predicted molar refractivity (Wildman–Crippen MR) is 195 cm³/mol. The van der Waals surface area contributed by atoms with Gasteiger partial charge in [-0.25, -0.2) is 0 Å². The summed E-state index contributed by atoms with van der Waals surface area (Å²) in [4.78, 5) is 0. The highest BCUT2D eigenvalue weighted by Gasteiger charge is 2.11. The summed E-state index contributed by atoms with van der Waals surface area (Å²) < 4.78 is 1.16. The van der Waals surface area contributed by atoms with E-state index in [-0.39, 0.29) is 12.4 Å². The molecule has 43 heavy (non-hydrogen) atoms. The molecule has 0 spiro atoms. The number of hydrogen-bond acceptors (Lipinski definition) is 0. The van der Waals surface area contributed by atoms with E-state index in [1.165, 1.54) is 225 Å². The Bertz CT molecular complexity index is 514. The lowest BCUT2D eigenvalue weighted by atomic mass is 10.0. The molecule has 0 bridgehead atoms. The first kappa shape index (κ1) is 45.1. The monoisotopic (exact) mass is 626 g/mol. The topological polar surface area (TPSA) is 0 Å². The van der Waals surface area contributed by atoms with E-state index in [4.69, 9.17) is 0 Å². The second-order valence-corrected chi connectivity index (χ2v) is 14.7. The number of allylic oxidation sites excluding steroid dienone is 1. The van der Waals surface area contributed by atoms with Crippen molar-refractivity contribution >= 4 is 0 Å². The Balaban J connectivity index is 0. The third-order valence-corrected chi connectivity index (χ3v) is 9.61. The van der Waals surface area contributed by atoms with Crippen LogP contribution in [0.3, 0.4) is 0 Å². The number of rotatable bonds is 36. The number of likely N-dealkylation sites (N-methyl/N-ethyl adjacent to an activating group) is 1. The molecule has 0 saturated carbocycles. The Morgan fingerprint density at radius 2 is 0.581 bits per heavy atom. The first-order valence-corrected chi connectivity index (χ1v) is 20.1. The fourth-order valence-corrected chi connectivity index (χ4v) is 6.47. The quantitative estimate of drug-likeness (QED) is 0.0369. The van der Waals surface area contributed by atoms with Gasteiger partial charge < -0.3 is 16.9 Å². The maximum atomic E-state index is 2.47. The normalized spacial score (nSPS) is 11.9. The third kappa shape index (κ3) is 40.0. The van der Waals surface area contributed by atoms with Crippen LogP contribution in [0, 0.1) is 0 Å². The molecule has 1 nitrogen and oxygen atoms in total. The van der Waals surface area contributed by atoms with Crippen LogP contribution in [-0.2, 0) is 0 Å². The molecule has 0 rings (SSSR count). The molecule has 2 heteroatoms. The summed E-state index contributed by atoms with van der Waals surface area (Å²) in [6, 6.07) is 0. The van der Waals surface area contributed by atoms with Crippen molar-refractivity contribution in [3.8, 4) is 0 Å². The van der Waals surface area contributed by atoms with Crippen LogP contribution in [0.1, 0.15) is 226 Å². The zero-order valence-electron chi connectivity index (χ0n) is 30.7. The molecule has 0 radical (unpaired) electrons. The summed E-state index contributed by atoms with van der Waals surface area (Å²) in [6.07, 6.45) is 52.8. The summed E-state index contributed by atoms with van der Waals surface area (Å²) in [5.74, 6) is 0. The highest BCUT2D eigenvalue weighted by atomic mass is 35.5. The lowest BCUT2D eigenvalue weighted by Crippen LogP contribution is -3.00. The summed E-state index contributed by atoms with van der Waals surface area (Å²) in [5, 5.41) is 0. The zero-order chi connectivity index (χ0) is 30.7. The van der Waals surface area contributed by atoms with E-state index in [9.17, 15) is 0 Å². The number of unbranched alkanes of at least 4 members (excludes halogenated alkanes) is 31. The molecule has 0 heterocycles. The molecule has 260 valence electrons. The minimum absolute atomic E-state index is 0. The van der Waals surface area contributed by atoms with E-state index >= 15 is 0 Å². The second kappa shape index (κ2) is 38.2. The molecule has 0 aromatic carbocycles. The fraction of sp³-hybridized carbons (Fsp3) is 0.951. The SMILES string of the molecule is CCCCCCCCCCCCCCCCCCC=CC[N+](C)(C)CCCCCCCCCCCCCCCCCC.[Cl-]. The lowest BCUT2D eigenvalue weighted by molar-refractivity contribution is -0.884. The van der Waals surface area contributed by atoms with Crippen LogP contribution in [0.5, 0.6) is 0 Å². The average molecular weight is 627 g/mol. The van der Waals surface area contributed by atoms with Gasteiger partial charge in [0.05, 0.1) is 27.2 Å². The summed E-state index contributed by atoms with van der Waals surface area (Å²) >= 11 is 0. The summed E-state index contributed by atoms with van der Waals surface area (Å²) in [7, 11) is 4.84. The van der Waals surface area contributed by atoms with E-state index < -0.39 is 0 Å². The van der Waals surface area contributed by atoms with Crippen molar-refractivity contribution in [3.63, 3.8) is 0 Å². The van der Waals surface area contributed by atoms with Gasteiger partial charge in [0.25, 0.3) is 0 Å². The van der Waals surface area contributed by atoms with Crippen molar-refractivity contribution in [2.75, 3.05) is 27.2 Å². The van der Waals surface area contributed by atoms with Gasteiger partial charge in [-0.1, -0.05) is 206 Å². The lowest BCUT2D eigenvalue weighted by Gasteiger charge is -2.28. The minimum atomic E-state index is 0. The Labute approximate surface area is 281 Å². The molecule has 0 fully saturated rings. The van der Waals surface area contributed by atoms with Gasteiger partial charge in [-0.05, 0) is 31.8 Å². The molecule has 0 amide bonds. The third-order valence-electron chi connectivity index (χ3n) is 9.61. The molecular weight excluding hydrogens is 542 g/mol. The molecular formula is C41H84ClN. The number of quaternary nitrogens is 1. The number of hydrogen-bond donors (Lipinski definition) is 0. The van der Waals surface area contributed by atoms with Gasteiger partial charge in [-0.2, -0.15) is 0 Å². The molecule has 0 atom stereocenters. The molecule has 0 aliphatic rings. The van der Waals surface area contributed by atoms with Crippen molar-refractivity contribution in [1.82, 2.24) is 0 Å². The first-order chi connectivity index (χ1) is 20.6. The van der Waals surface area contributed by atoms with Gasteiger partial charge in [-0.15, -0.1) is 0 Å². The summed E-state index contributed by atoms with van der Waals surface area (Å²) in [5.41, 5.74) is 0. The van der Waals surface area contributed by atoms with Crippen molar-refractivity contribution in [2.45, 2.75) is 226 Å². The first-order valence-electron chi connectivity index (χ1n) is 20.1. The highest BCUT2D eigenvalue weighted by Crippen LogP contribution is 2.16. The van der Waals surface area contributed by atoms with E-state index in [2.05, 4.69) is 40.1 Å². The maximum Gasteiger partial charge on any atom is 0.0969 e. The Kier molecular flexibility index (Phi) is 40.0. The van der Waals surface area contributed by atoms with E-state index in [0.717, 1.165) is 4.48 Å². The fourth-order valence-electron chi connectivity index (χ4n) is 6.47. The molecule has 0 aromatic rings. The van der Waals surface area contributed by atoms with Gasteiger partial charge in [0, 0.05) is 0 Å². The Morgan fingerprint density at radius 3 is 0.884 bits per heavy atom. The van der Waals surface area contributed by atoms with Gasteiger partial charge >= 0.3 is 0 Å². The second-order valence-electron chi connectivity index (χ2n) is 14.7.